The molecular formula is C10H14N4. The molecule has 0 aliphatic carbocycles. The van der Waals surface area contributed by atoms with Crippen LogP contribution in [-0.2, 0) is 0 Å². The van der Waals surface area contributed by atoms with Crippen molar-refractivity contribution in [1.29, 1.82) is 0 Å². The monoisotopic (exact) mass is 190 g/mol. The molecule has 1 aromatic carbocycles. The number of hydrogen-bond donors (Lipinski definition) is 3. The first-order chi connectivity index (χ1) is 6.85. The largest absolute Gasteiger partial charge is 0.342 e. The van der Waals surface area contributed by atoms with Crippen LogP contribution in [0.1, 0.15) is 11.7 Å². The highest BCUT2D eigenvalue weighted by Crippen LogP contribution is 2.15. The Morgan fingerprint density at radius 1 is 1.21 bits per heavy atom. The first kappa shape index (κ1) is 9.18. The van der Waals surface area contributed by atoms with Gasteiger partial charge in [-0.1, -0.05) is 12.1 Å². The van der Waals surface area contributed by atoms with Crippen LogP contribution in [0, 0.1) is 0 Å². The number of H-pyrrole nitrogens is 1. The van der Waals surface area contributed by atoms with Crippen molar-refractivity contribution in [2.45, 2.75) is 5.92 Å². The zero-order valence-electron chi connectivity index (χ0n) is 7.90. The summed E-state index contributed by atoms with van der Waals surface area (Å²) in [5, 5.41) is 0. The summed E-state index contributed by atoms with van der Waals surface area (Å²) < 4.78 is 0. The number of nitrogens with one attached hydrogen (secondary N) is 1. The number of fused-ring (bicyclic) bond motifs is 1. The van der Waals surface area contributed by atoms with Gasteiger partial charge in [0.05, 0.1) is 11.0 Å². The lowest BCUT2D eigenvalue weighted by Crippen LogP contribution is -2.22. The summed E-state index contributed by atoms with van der Waals surface area (Å²) in [6.07, 6.45) is 0. The zero-order chi connectivity index (χ0) is 9.97. The van der Waals surface area contributed by atoms with Crippen LogP contribution in [0.3, 0.4) is 0 Å². The van der Waals surface area contributed by atoms with Gasteiger partial charge in [-0.05, 0) is 12.1 Å². The lowest BCUT2D eigenvalue weighted by molar-refractivity contribution is 0.672. The Labute approximate surface area is 82.3 Å². The summed E-state index contributed by atoms with van der Waals surface area (Å²) in [7, 11) is 0. The van der Waals surface area contributed by atoms with Crippen LogP contribution in [0.15, 0.2) is 24.3 Å². The molecule has 1 heterocycles. The van der Waals surface area contributed by atoms with Gasteiger partial charge < -0.3 is 16.5 Å². The van der Waals surface area contributed by atoms with Gasteiger partial charge >= 0.3 is 0 Å². The van der Waals surface area contributed by atoms with E-state index in [1.54, 1.807) is 0 Å². The predicted octanol–water partition coefficient (Wildman–Crippen LogP) is 0.564. The van der Waals surface area contributed by atoms with E-state index in [-0.39, 0.29) is 5.92 Å². The molecule has 0 amide bonds. The van der Waals surface area contributed by atoms with Gasteiger partial charge in [-0.3, -0.25) is 0 Å². The number of benzene rings is 1. The standard InChI is InChI=1S/C10H14N4/c11-5-7(6-12)10-13-8-3-1-2-4-9(8)14-10/h1-4,7H,5-6,11-12H2,(H,13,14). The van der Waals surface area contributed by atoms with Gasteiger partial charge in [0.15, 0.2) is 0 Å². The minimum absolute atomic E-state index is 0.127. The second-order valence-electron chi connectivity index (χ2n) is 3.31. The fraction of sp³-hybridized carbons (Fsp3) is 0.300. The molecule has 0 fully saturated rings. The van der Waals surface area contributed by atoms with Crippen molar-refractivity contribution >= 4 is 11.0 Å². The van der Waals surface area contributed by atoms with Crippen molar-refractivity contribution < 1.29 is 0 Å². The Kier molecular flexibility index (Phi) is 2.47. The third kappa shape index (κ3) is 1.49. The second-order valence-corrected chi connectivity index (χ2v) is 3.31. The van der Waals surface area contributed by atoms with E-state index < -0.39 is 0 Å². The smallest absolute Gasteiger partial charge is 0.112 e. The SMILES string of the molecule is NCC(CN)c1nc2ccccc2[nH]1. The maximum absolute atomic E-state index is 5.60. The first-order valence-electron chi connectivity index (χ1n) is 4.70. The zero-order valence-corrected chi connectivity index (χ0v) is 7.90. The molecule has 74 valence electrons. The van der Waals surface area contributed by atoms with Gasteiger partial charge in [0, 0.05) is 19.0 Å². The molecule has 0 spiro atoms. The molecule has 1 aromatic heterocycles. The lowest BCUT2D eigenvalue weighted by Gasteiger charge is -2.07. The van der Waals surface area contributed by atoms with E-state index in [0.717, 1.165) is 16.9 Å². The van der Waals surface area contributed by atoms with E-state index in [2.05, 4.69) is 9.97 Å². The molecule has 0 radical (unpaired) electrons. The molecule has 4 heteroatoms. The number of aromatic amines is 1. The summed E-state index contributed by atoms with van der Waals surface area (Å²) in [4.78, 5) is 7.67. The first-order valence-corrected chi connectivity index (χ1v) is 4.70. The Balaban J connectivity index is 2.43. The number of rotatable bonds is 3. The third-order valence-electron chi connectivity index (χ3n) is 2.36. The molecule has 0 saturated heterocycles. The van der Waals surface area contributed by atoms with Gasteiger partial charge in [-0.2, -0.15) is 0 Å². The molecule has 0 unspecified atom stereocenters. The number of aromatic nitrogens is 2. The normalized spacial score (nSPS) is 11.4. The maximum atomic E-state index is 5.60. The van der Waals surface area contributed by atoms with Gasteiger partial charge in [0.1, 0.15) is 5.82 Å². The average Bonchev–Trinajstić information content (AvgIpc) is 2.63. The van der Waals surface area contributed by atoms with Crippen molar-refractivity contribution in [2.24, 2.45) is 11.5 Å². The second kappa shape index (κ2) is 3.77. The van der Waals surface area contributed by atoms with E-state index in [4.69, 9.17) is 11.5 Å². The molecule has 0 atom stereocenters. The summed E-state index contributed by atoms with van der Waals surface area (Å²) in [5.41, 5.74) is 13.2. The van der Waals surface area contributed by atoms with Crippen LogP contribution in [0.4, 0.5) is 0 Å². The van der Waals surface area contributed by atoms with Gasteiger partial charge in [0.25, 0.3) is 0 Å². The Morgan fingerprint density at radius 3 is 2.57 bits per heavy atom. The highest BCUT2D eigenvalue weighted by Gasteiger charge is 2.11. The van der Waals surface area contributed by atoms with Crippen molar-refractivity contribution in [3.63, 3.8) is 0 Å². The average molecular weight is 190 g/mol. The Morgan fingerprint density at radius 2 is 1.93 bits per heavy atom. The minimum Gasteiger partial charge on any atom is -0.342 e. The van der Waals surface area contributed by atoms with Crippen molar-refractivity contribution in [1.82, 2.24) is 9.97 Å². The highest BCUT2D eigenvalue weighted by molar-refractivity contribution is 5.74. The summed E-state index contributed by atoms with van der Waals surface area (Å²) in [5.74, 6) is 1.01. The maximum Gasteiger partial charge on any atom is 0.112 e. The fourth-order valence-electron chi connectivity index (χ4n) is 1.49. The molecule has 0 aliphatic rings. The van der Waals surface area contributed by atoms with E-state index in [1.807, 2.05) is 24.3 Å². The molecule has 4 nitrogen and oxygen atoms in total. The van der Waals surface area contributed by atoms with Crippen LogP contribution >= 0.6 is 0 Å². The van der Waals surface area contributed by atoms with E-state index in [0.29, 0.717) is 13.1 Å². The Bertz CT molecular complexity index is 384. The predicted molar refractivity (Wildman–Crippen MR) is 56.9 cm³/mol. The number of nitrogens with two attached hydrogens (primary N) is 2. The molecule has 0 saturated carbocycles. The topological polar surface area (TPSA) is 80.7 Å². The molecule has 2 rings (SSSR count). The molecule has 14 heavy (non-hydrogen) atoms. The van der Waals surface area contributed by atoms with Crippen LogP contribution < -0.4 is 11.5 Å². The Hall–Kier alpha value is -1.39. The molecular weight excluding hydrogens is 176 g/mol. The minimum atomic E-state index is 0.127. The fourth-order valence-corrected chi connectivity index (χ4v) is 1.49. The van der Waals surface area contributed by atoms with Crippen LogP contribution in [0.25, 0.3) is 11.0 Å². The number of para-hydroxylation sites is 2. The van der Waals surface area contributed by atoms with Crippen molar-refractivity contribution in [2.75, 3.05) is 13.1 Å². The number of nitrogens with zero attached hydrogens (tertiary/aromatic N) is 1. The number of imidazole rings is 1. The highest BCUT2D eigenvalue weighted by atomic mass is 14.9. The van der Waals surface area contributed by atoms with Crippen molar-refractivity contribution in [3.05, 3.63) is 30.1 Å². The van der Waals surface area contributed by atoms with E-state index >= 15 is 0 Å². The summed E-state index contributed by atoms with van der Waals surface area (Å²) in [6.45, 7) is 1.05. The van der Waals surface area contributed by atoms with E-state index in [1.165, 1.54) is 0 Å². The molecule has 2 aromatic rings. The van der Waals surface area contributed by atoms with E-state index in [9.17, 15) is 0 Å². The lowest BCUT2D eigenvalue weighted by atomic mass is 10.1. The van der Waals surface area contributed by atoms with Gasteiger partial charge in [-0.15, -0.1) is 0 Å². The molecule has 0 bridgehead atoms. The summed E-state index contributed by atoms with van der Waals surface area (Å²) >= 11 is 0. The number of hydrogen-bond acceptors (Lipinski definition) is 3. The van der Waals surface area contributed by atoms with Crippen LogP contribution in [-0.4, -0.2) is 23.1 Å². The third-order valence-corrected chi connectivity index (χ3v) is 2.36. The van der Waals surface area contributed by atoms with Gasteiger partial charge in [-0.25, -0.2) is 4.98 Å². The molecule has 0 aliphatic heterocycles. The summed E-state index contributed by atoms with van der Waals surface area (Å²) in [6, 6.07) is 7.91. The van der Waals surface area contributed by atoms with Crippen LogP contribution in [0.2, 0.25) is 0 Å². The quantitative estimate of drug-likeness (QED) is 0.661. The van der Waals surface area contributed by atoms with Crippen LogP contribution in [0.5, 0.6) is 0 Å². The van der Waals surface area contributed by atoms with Crippen molar-refractivity contribution in [3.8, 4) is 0 Å². The van der Waals surface area contributed by atoms with Gasteiger partial charge in [0.2, 0.25) is 0 Å². The molecule has 5 N–H and O–H groups in total.